The molecule has 0 aromatic heterocycles. The Hall–Kier alpha value is -4.63. The molecular weight excluding hydrogens is 418 g/mol. The number of carboxylic acids is 1. The Morgan fingerprint density at radius 3 is 1.47 bits per heavy atom. The summed E-state index contributed by atoms with van der Waals surface area (Å²) in [6.45, 7) is 0. The maximum atomic E-state index is 11.3. The zero-order valence-electron chi connectivity index (χ0n) is 18.5. The topological polar surface area (TPSA) is 63.3 Å². The van der Waals surface area contributed by atoms with Gasteiger partial charge in [0, 0.05) is 5.69 Å². The summed E-state index contributed by atoms with van der Waals surface area (Å²) in [7, 11) is 0. The van der Waals surface area contributed by atoms with Crippen LogP contribution in [0.5, 0.6) is 0 Å². The minimum atomic E-state index is -0.930. The van der Waals surface area contributed by atoms with Crippen LogP contribution < -0.4 is 5.73 Å². The number of rotatable bonds is 5. The Balaban J connectivity index is 1.82. The van der Waals surface area contributed by atoms with E-state index in [0.29, 0.717) is 0 Å². The molecule has 3 nitrogen and oxygen atoms in total. The van der Waals surface area contributed by atoms with Crippen LogP contribution in [0.4, 0.5) is 5.69 Å². The first kappa shape index (κ1) is 21.2. The summed E-state index contributed by atoms with van der Waals surface area (Å²) in [4.78, 5) is 11.3. The minimum Gasteiger partial charge on any atom is -0.478 e. The van der Waals surface area contributed by atoms with Crippen molar-refractivity contribution in [1.29, 1.82) is 0 Å². The van der Waals surface area contributed by atoms with Crippen LogP contribution >= 0.6 is 0 Å². The first-order valence-corrected chi connectivity index (χ1v) is 11.1. The molecule has 3 heteroatoms. The number of anilines is 1. The highest BCUT2D eigenvalue weighted by Crippen LogP contribution is 2.43. The van der Waals surface area contributed by atoms with Crippen molar-refractivity contribution in [2.24, 2.45) is 0 Å². The first-order valence-electron chi connectivity index (χ1n) is 11.1. The van der Waals surface area contributed by atoms with Crippen LogP contribution in [0, 0.1) is 0 Å². The van der Waals surface area contributed by atoms with Gasteiger partial charge >= 0.3 is 5.97 Å². The van der Waals surface area contributed by atoms with E-state index in [1.54, 1.807) is 12.1 Å². The van der Waals surface area contributed by atoms with Gasteiger partial charge < -0.3 is 10.8 Å². The van der Waals surface area contributed by atoms with Crippen molar-refractivity contribution in [3.63, 3.8) is 0 Å². The van der Waals surface area contributed by atoms with Crippen molar-refractivity contribution in [2.45, 2.75) is 0 Å². The van der Waals surface area contributed by atoms with Crippen LogP contribution in [-0.4, -0.2) is 11.1 Å². The van der Waals surface area contributed by atoms with Crippen LogP contribution in [0.3, 0.4) is 0 Å². The van der Waals surface area contributed by atoms with Crippen molar-refractivity contribution in [3.05, 3.63) is 127 Å². The van der Waals surface area contributed by atoms with Gasteiger partial charge in [-0.05, 0) is 80.9 Å². The number of hydrogen-bond acceptors (Lipinski definition) is 2. The highest BCUT2D eigenvalue weighted by atomic mass is 16.4. The van der Waals surface area contributed by atoms with Gasteiger partial charge in [-0.3, -0.25) is 0 Å². The third-order valence-corrected chi connectivity index (χ3v) is 5.97. The lowest BCUT2D eigenvalue weighted by Crippen LogP contribution is -1.96. The molecule has 0 spiro atoms. The van der Waals surface area contributed by atoms with Crippen LogP contribution in [0.15, 0.2) is 121 Å². The summed E-state index contributed by atoms with van der Waals surface area (Å²) in [5.41, 5.74) is 15.6. The highest BCUT2D eigenvalue weighted by molar-refractivity contribution is 5.98. The van der Waals surface area contributed by atoms with E-state index in [1.165, 1.54) is 0 Å². The summed E-state index contributed by atoms with van der Waals surface area (Å²) in [5.74, 6) is -0.930. The van der Waals surface area contributed by atoms with E-state index in [1.807, 2.05) is 60.7 Å². The Kier molecular flexibility index (Phi) is 5.67. The van der Waals surface area contributed by atoms with E-state index >= 15 is 0 Å². The van der Waals surface area contributed by atoms with Gasteiger partial charge in [-0.1, -0.05) is 84.9 Å². The second-order valence-corrected chi connectivity index (χ2v) is 8.18. The van der Waals surface area contributed by atoms with Gasteiger partial charge in [0.05, 0.1) is 5.56 Å². The standard InChI is InChI=1S/C31H23NO2/c32-27-17-15-24(16-18-27)30-28(22-7-3-1-4-8-22)19-26(20-29(30)23-9-5-2-6-10-23)21-11-13-25(14-12-21)31(33)34/h1-20H,32H2,(H,33,34). The fraction of sp³-hybridized carbons (Fsp3) is 0. The SMILES string of the molecule is Nc1ccc(-c2c(-c3ccccc3)cc(-c3ccc(C(=O)O)cc3)cc2-c2ccccc2)cc1. The Labute approximate surface area is 198 Å². The molecule has 0 radical (unpaired) electrons. The smallest absolute Gasteiger partial charge is 0.335 e. The van der Waals surface area contributed by atoms with E-state index in [0.717, 1.165) is 50.2 Å². The van der Waals surface area contributed by atoms with Gasteiger partial charge in [-0.25, -0.2) is 4.79 Å². The van der Waals surface area contributed by atoms with Crippen LogP contribution in [0.2, 0.25) is 0 Å². The highest BCUT2D eigenvalue weighted by Gasteiger charge is 2.17. The van der Waals surface area contributed by atoms with Gasteiger partial charge in [0.2, 0.25) is 0 Å². The minimum absolute atomic E-state index is 0.272. The van der Waals surface area contributed by atoms with E-state index in [4.69, 9.17) is 5.73 Å². The van der Waals surface area contributed by atoms with E-state index in [2.05, 4.69) is 48.5 Å². The Bertz CT molecular complexity index is 1380. The summed E-state index contributed by atoms with van der Waals surface area (Å²) in [6, 6.07) is 40.0. The fourth-order valence-electron chi connectivity index (χ4n) is 4.27. The molecule has 0 fully saturated rings. The van der Waals surface area contributed by atoms with Crippen molar-refractivity contribution >= 4 is 11.7 Å². The van der Waals surface area contributed by atoms with E-state index < -0.39 is 5.97 Å². The van der Waals surface area contributed by atoms with Gasteiger partial charge in [0.1, 0.15) is 0 Å². The average Bonchev–Trinajstić information content (AvgIpc) is 2.89. The molecule has 0 unspecified atom stereocenters. The third-order valence-electron chi connectivity index (χ3n) is 5.97. The number of nitrogen functional groups attached to an aromatic ring is 1. The summed E-state index contributed by atoms with van der Waals surface area (Å²) >= 11 is 0. The maximum Gasteiger partial charge on any atom is 0.335 e. The van der Waals surface area contributed by atoms with Gasteiger partial charge in [0.25, 0.3) is 0 Å². The number of carboxylic acid groups (broad SMARTS) is 1. The van der Waals surface area contributed by atoms with E-state index in [9.17, 15) is 9.90 Å². The van der Waals surface area contributed by atoms with Gasteiger partial charge in [-0.2, -0.15) is 0 Å². The fourth-order valence-corrected chi connectivity index (χ4v) is 4.27. The molecule has 5 aromatic rings. The predicted molar refractivity (Wildman–Crippen MR) is 140 cm³/mol. The quantitative estimate of drug-likeness (QED) is 0.276. The van der Waals surface area contributed by atoms with Gasteiger partial charge in [0.15, 0.2) is 0 Å². The molecule has 0 heterocycles. The Morgan fingerprint density at radius 2 is 1.00 bits per heavy atom. The normalized spacial score (nSPS) is 10.7. The monoisotopic (exact) mass is 441 g/mol. The largest absolute Gasteiger partial charge is 0.478 e. The molecule has 34 heavy (non-hydrogen) atoms. The zero-order valence-corrected chi connectivity index (χ0v) is 18.5. The molecule has 0 aliphatic rings. The van der Waals surface area contributed by atoms with Crippen molar-refractivity contribution in [1.82, 2.24) is 0 Å². The third kappa shape index (κ3) is 4.19. The van der Waals surface area contributed by atoms with Crippen molar-refractivity contribution < 1.29 is 9.90 Å². The second-order valence-electron chi connectivity index (χ2n) is 8.18. The molecule has 0 aliphatic carbocycles. The molecule has 5 rings (SSSR count). The molecule has 164 valence electrons. The van der Waals surface area contributed by atoms with Crippen LogP contribution in [-0.2, 0) is 0 Å². The number of benzene rings is 5. The molecule has 0 amide bonds. The second kappa shape index (κ2) is 9.08. The molecule has 0 saturated carbocycles. The lowest BCUT2D eigenvalue weighted by molar-refractivity contribution is 0.0697. The van der Waals surface area contributed by atoms with E-state index in [-0.39, 0.29) is 5.56 Å². The molecule has 0 bridgehead atoms. The average molecular weight is 442 g/mol. The van der Waals surface area contributed by atoms with Crippen molar-refractivity contribution in [3.8, 4) is 44.5 Å². The number of nitrogens with two attached hydrogens (primary N) is 1. The molecule has 5 aromatic carbocycles. The summed E-state index contributed by atoms with van der Waals surface area (Å²) < 4.78 is 0. The molecule has 0 atom stereocenters. The van der Waals surface area contributed by atoms with Crippen LogP contribution in [0.1, 0.15) is 10.4 Å². The lowest BCUT2D eigenvalue weighted by Gasteiger charge is -2.19. The zero-order chi connectivity index (χ0) is 23.5. The first-order chi connectivity index (χ1) is 16.6. The van der Waals surface area contributed by atoms with Crippen LogP contribution in [0.25, 0.3) is 44.5 Å². The van der Waals surface area contributed by atoms with Gasteiger partial charge in [-0.15, -0.1) is 0 Å². The van der Waals surface area contributed by atoms with Crippen molar-refractivity contribution in [2.75, 3.05) is 5.73 Å². The maximum absolute atomic E-state index is 11.3. The lowest BCUT2D eigenvalue weighted by atomic mass is 9.84. The Morgan fingerprint density at radius 1 is 0.529 bits per heavy atom. The predicted octanol–water partition coefficient (Wildman–Crippen LogP) is 7.64. The molecule has 3 N–H and O–H groups in total. The number of hydrogen-bond donors (Lipinski definition) is 2. The summed E-state index contributed by atoms with van der Waals surface area (Å²) in [5, 5.41) is 9.30. The number of carbonyl (C=O) groups is 1. The molecule has 0 saturated heterocycles. The summed E-state index contributed by atoms with van der Waals surface area (Å²) in [6.07, 6.45) is 0. The number of aromatic carboxylic acids is 1. The molecule has 0 aliphatic heterocycles. The molecular formula is C31H23NO2.